The van der Waals surface area contributed by atoms with Crippen LogP contribution in [0.4, 0.5) is 0 Å². The van der Waals surface area contributed by atoms with Gasteiger partial charge < -0.3 is 34.2 Å². The van der Waals surface area contributed by atoms with Gasteiger partial charge in [0, 0.05) is 0 Å². The van der Waals surface area contributed by atoms with Gasteiger partial charge in [-0.1, -0.05) is 0 Å². The molecule has 11 heteroatoms. The van der Waals surface area contributed by atoms with Gasteiger partial charge in [0.2, 0.25) is 0 Å². The van der Waals surface area contributed by atoms with Crippen LogP contribution in [0.5, 0.6) is 0 Å². The standard InChI is InChI=1S/C5H11O8P.2Na/c6-1-3(7)5(9)4(8)2-13-14(10,11)12;;/h4-6,8-9H,1-2H2,(H2,10,11,12);;/q;2*+1/p-2/t4-,5+;;/m1../s1. The predicted molar refractivity (Wildman–Crippen MR) is 37.7 cm³/mol. The topological polar surface area (TPSA) is 150 Å². The van der Waals surface area contributed by atoms with Gasteiger partial charge in [0.25, 0.3) is 0 Å². The molecule has 0 aromatic heterocycles. The number of phosphoric acid groups is 1. The normalized spacial score (nSPS) is 14.3. The Kier molecular flexibility index (Phi) is 15.1. The first-order valence-electron chi connectivity index (χ1n) is 3.44. The summed E-state index contributed by atoms with van der Waals surface area (Å²) in [6.07, 6.45) is -3.85. The van der Waals surface area contributed by atoms with Gasteiger partial charge in [0.05, 0.1) is 14.4 Å². The Bertz CT molecular complexity index is 243. The van der Waals surface area contributed by atoms with Gasteiger partial charge in [-0.15, -0.1) is 0 Å². The number of ketones is 1. The average Bonchev–Trinajstić information content (AvgIpc) is 2.10. The summed E-state index contributed by atoms with van der Waals surface area (Å²) in [5, 5.41) is 26.0. The van der Waals surface area contributed by atoms with Crippen molar-refractivity contribution in [2.24, 2.45) is 0 Å². The first-order chi connectivity index (χ1) is 6.28. The average molecular weight is 274 g/mol. The molecule has 0 saturated carbocycles. The summed E-state index contributed by atoms with van der Waals surface area (Å²) in [5.74, 6) is -1.10. The fraction of sp³-hybridized carbons (Fsp3) is 0.800. The van der Waals surface area contributed by atoms with Crippen LogP contribution >= 0.6 is 7.82 Å². The summed E-state index contributed by atoms with van der Waals surface area (Å²) < 4.78 is 13.5. The van der Waals surface area contributed by atoms with Gasteiger partial charge in [-0.3, -0.25) is 4.79 Å². The van der Waals surface area contributed by atoms with Crippen molar-refractivity contribution in [3.05, 3.63) is 0 Å². The second kappa shape index (κ2) is 10.6. The molecule has 8 nitrogen and oxygen atoms in total. The van der Waals surface area contributed by atoms with Crippen molar-refractivity contribution < 1.29 is 98.1 Å². The molecule has 16 heavy (non-hydrogen) atoms. The number of hydrogen-bond acceptors (Lipinski definition) is 8. The minimum Gasteiger partial charge on any atom is -0.790 e. The second-order valence-corrected chi connectivity index (χ2v) is 3.53. The van der Waals surface area contributed by atoms with Gasteiger partial charge in [-0.25, -0.2) is 0 Å². The number of hydrogen-bond donors (Lipinski definition) is 3. The first-order valence-corrected chi connectivity index (χ1v) is 4.90. The van der Waals surface area contributed by atoms with Gasteiger partial charge >= 0.3 is 59.1 Å². The summed E-state index contributed by atoms with van der Waals surface area (Å²) in [5.41, 5.74) is 0. The fourth-order valence-electron chi connectivity index (χ4n) is 0.567. The van der Waals surface area contributed by atoms with Crippen LogP contribution in [0.3, 0.4) is 0 Å². The molecule has 0 unspecified atom stereocenters. The van der Waals surface area contributed by atoms with Crippen LogP contribution in [0.15, 0.2) is 0 Å². The van der Waals surface area contributed by atoms with Crippen molar-refractivity contribution in [1.29, 1.82) is 0 Å². The van der Waals surface area contributed by atoms with Crippen LogP contribution < -0.4 is 68.9 Å². The molecule has 0 bridgehead atoms. The zero-order chi connectivity index (χ0) is 11.4. The summed E-state index contributed by atoms with van der Waals surface area (Å²) in [6.45, 7) is -2.04. The molecule has 0 amide bonds. The Morgan fingerprint density at radius 1 is 1.31 bits per heavy atom. The van der Waals surface area contributed by atoms with E-state index in [1.165, 1.54) is 0 Å². The van der Waals surface area contributed by atoms with Crippen molar-refractivity contribution in [3.8, 4) is 0 Å². The maximum absolute atomic E-state index is 10.5. The van der Waals surface area contributed by atoms with E-state index in [2.05, 4.69) is 4.52 Å². The maximum Gasteiger partial charge on any atom is 1.00 e. The number of carbonyl (C=O) groups is 1. The van der Waals surface area contributed by atoms with Crippen LogP contribution in [-0.2, 0) is 13.9 Å². The van der Waals surface area contributed by atoms with E-state index in [-0.39, 0.29) is 59.1 Å². The van der Waals surface area contributed by atoms with E-state index < -0.39 is 39.0 Å². The molecule has 0 rings (SSSR count). The van der Waals surface area contributed by atoms with E-state index in [4.69, 9.17) is 15.3 Å². The first kappa shape index (κ1) is 22.8. The number of aliphatic hydroxyl groups is 3. The molecule has 0 fully saturated rings. The number of carbonyl (C=O) groups excluding carboxylic acids is 1. The smallest absolute Gasteiger partial charge is 0.790 e. The van der Waals surface area contributed by atoms with Crippen molar-refractivity contribution in [3.63, 3.8) is 0 Å². The van der Waals surface area contributed by atoms with Crippen molar-refractivity contribution in [2.45, 2.75) is 12.2 Å². The summed E-state index contributed by atoms with van der Waals surface area (Å²) in [4.78, 5) is 30.4. The SMILES string of the molecule is O=C(CO)[C@H](O)[C@H](O)COP(=O)([O-])[O-].[Na+].[Na+]. The van der Waals surface area contributed by atoms with Crippen molar-refractivity contribution in [1.82, 2.24) is 0 Å². The van der Waals surface area contributed by atoms with Crippen molar-refractivity contribution >= 4 is 13.6 Å². The van der Waals surface area contributed by atoms with E-state index in [1.807, 2.05) is 0 Å². The number of aliphatic hydroxyl groups excluding tert-OH is 3. The minimum absolute atomic E-state index is 0. The molecule has 0 saturated heterocycles. The van der Waals surface area contributed by atoms with E-state index in [1.54, 1.807) is 0 Å². The molecule has 84 valence electrons. The van der Waals surface area contributed by atoms with Gasteiger partial charge in [-0.05, 0) is 0 Å². The van der Waals surface area contributed by atoms with Crippen LogP contribution in [0.25, 0.3) is 0 Å². The zero-order valence-electron chi connectivity index (χ0n) is 8.90. The minimum atomic E-state index is -5.24. The molecule has 0 aromatic carbocycles. The molecule has 0 heterocycles. The molecule has 0 aromatic rings. The van der Waals surface area contributed by atoms with Crippen LogP contribution in [0, 0.1) is 0 Å². The van der Waals surface area contributed by atoms with E-state index >= 15 is 0 Å². The molecule has 0 radical (unpaired) electrons. The summed E-state index contributed by atoms with van der Waals surface area (Å²) >= 11 is 0. The Morgan fingerprint density at radius 2 is 1.75 bits per heavy atom. The van der Waals surface area contributed by atoms with Crippen LogP contribution in [0.1, 0.15) is 0 Å². The summed E-state index contributed by atoms with van der Waals surface area (Å²) in [7, 11) is -5.24. The number of Topliss-reactive ketones (excluding diaryl/α,β-unsaturated/α-hetero) is 1. The Balaban J connectivity index is -0.000000845. The molecule has 0 aliphatic heterocycles. The molecular formula is C5H9Na2O8P. The molecule has 0 aliphatic carbocycles. The Hall–Kier alpha value is 1.66. The second-order valence-electron chi connectivity index (χ2n) is 2.38. The quantitative estimate of drug-likeness (QED) is 0.319. The molecule has 2 atom stereocenters. The predicted octanol–water partition coefficient (Wildman–Crippen LogP) is -9.88. The van der Waals surface area contributed by atoms with Gasteiger partial charge in [0.15, 0.2) is 5.78 Å². The monoisotopic (exact) mass is 274 g/mol. The third-order valence-corrected chi connectivity index (χ3v) is 1.72. The molecular weight excluding hydrogens is 265 g/mol. The number of rotatable bonds is 6. The largest absolute Gasteiger partial charge is 1.00 e. The fourth-order valence-corrected chi connectivity index (χ4v) is 0.902. The third kappa shape index (κ3) is 10.8. The molecule has 0 spiro atoms. The number of phosphoric ester groups is 1. The Morgan fingerprint density at radius 3 is 2.06 bits per heavy atom. The van der Waals surface area contributed by atoms with E-state index in [0.29, 0.717) is 0 Å². The van der Waals surface area contributed by atoms with Gasteiger partial charge in [0.1, 0.15) is 18.8 Å². The van der Waals surface area contributed by atoms with Crippen LogP contribution in [-0.4, -0.2) is 46.5 Å². The zero-order valence-corrected chi connectivity index (χ0v) is 13.8. The Labute approximate surface area is 136 Å². The van der Waals surface area contributed by atoms with Crippen LogP contribution in [0.2, 0.25) is 0 Å². The van der Waals surface area contributed by atoms with E-state index in [9.17, 15) is 19.1 Å². The molecule has 3 N–H and O–H groups in total. The summed E-state index contributed by atoms with van der Waals surface area (Å²) in [6, 6.07) is 0. The maximum atomic E-state index is 10.5. The molecule has 0 aliphatic rings. The van der Waals surface area contributed by atoms with Gasteiger partial charge in [-0.2, -0.15) is 0 Å². The van der Waals surface area contributed by atoms with Crippen molar-refractivity contribution in [2.75, 3.05) is 13.2 Å². The van der Waals surface area contributed by atoms with E-state index in [0.717, 1.165) is 0 Å². The third-order valence-electron chi connectivity index (χ3n) is 1.25.